The highest BCUT2D eigenvalue weighted by Crippen LogP contribution is 2.24. The summed E-state index contributed by atoms with van der Waals surface area (Å²) in [5.74, 6) is 1.35. The maximum absolute atomic E-state index is 12.0. The Morgan fingerprint density at radius 1 is 1.14 bits per heavy atom. The molecule has 6 nitrogen and oxygen atoms in total. The van der Waals surface area contributed by atoms with Crippen LogP contribution in [0.3, 0.4) is 0 Å². The molecule has 0 aliphatic rings. The Hall–Kier alpha value is -1.45. The maximum atomic E-state index is 12.0. The van der Waals surface area contributed by atoms with E-state index in [1.807, 2.05) is 6.07 Å². The molecule has 0 spiro atoms. The van der Waals surface area contributed by atoms with Crippen LogP contribution >= 0.6 is 35.0 Å². The predicted molar refractivity (Wildman–Crippen MR) is 118 cm³/mol. The van der Waals surface area contributed by atoms with Crippen LogP contribution in [0.1, 0.15) is 5.56 Å². The number of ether oxygens (including phenoxy) is 1. The first kappa shape index (κ1) is 23.8. The van der Waals surface area contributed by atoms with Gasteiger partial charge in [-0.2, -0.15) is 0 Å². The smallest absolute Gasteiger partial charge is 0.242 e. The summed E-state index contributed by atoms with van der Waals surface area (Å²) in [6.45, 7) is 0.623. The third kappa shape index (κ3) is 7.38. The van der Waals surface area contributed by atoms with E-state index >= 15 is 0 Å². The number of benzene rings is 2. The lowest BCUT2D eigenvalue weighted by molar-refractivity contribution is -0.118. The zero-order valence-electron chi connectivity index (χ0n) is 16.0. The number of carbonyl (C=O) groups is 1. The van der Waals surface area contributed by atoms with Crippen LogP contribution in [0.5, 0.6) is 5.75 Å². The van der Waals surface area contributed by atoms with Crippen molar-refractivity contribution in [1.29, 1.82) is 0 Å². The van der Waals surface area contributed by atoms with Crippen LogP contribution in [0.15, 0.2) is 47.4 Å². The molecule has 0 aliphatic heterocycles. The molecule has 1 amide bonds. The number of amides is 1. The lowest BCUT2D eigenvalue weighted by atomic mass is 10.2. The number of rotatable bonds is 10. The summed E-state index contributed by atoms with van der Waals surface area (Å²) < 4.78 is 30.7. The van der Waals surface area contributed by atoms with E-state index in [2.05, 4.69) is 5.32 Å². The number of sulfonamides is 1. The topological polar surface area (TPSA) is 75.7 Å². The second kappa shape index (κ2) is 11.1. The molecule has 1 N–H and O–H groups in total. The summed E-state index contributed by atoms with van der Waals surface area (Å²) >= 11 is 13.4. The van der Waals surface area contributed by atoms with Gasteiger partial charge in [-0.05, 0) is 42.0 Å². The highest BCUT2D eigenvalue weighted by Gasteiger charge is 2.16. The number of thioether (sulfide) groups is 1. The van der Waals surface area contributed by atoms with Gasteiger partial charge in [0.2, 0.25) is 15.9 Å². The van der Waals surface area contributed by atoms with Crippen molar-refractivity contribution in [1.82, 2.24) is 9.62 Å². The normalized spacial score (nSPS) is 11.5. The van der Waals surface area contributed by atoms with Gasteiger partial charge in [-0.3, -0.25) is 4.79 Å². The molecular formula is C19H22Cl2N2O4S2. The monoisotopic (exact) mass is 476 g/mol. The fourth-order valence-electron chi connectivity index (χ4n) is 2.22. The Bertz CT molecular complexity index is 936. The minimum atomic E-state index is -3.46. The van der Waals surface area contributed by atoms with Gasteiger partial charge in [0.15, 0.2) is 0 Å². The van der Waals surface area contributed by atoms with Crippen molar-refractivity contribution in [3.05, 3.63) is 58.1 Å². The van der Waals surface area contributed by atoms with E-state index in [1.54, 1.807) is 24.3 Å². The summed E-state index contributed by atoms with van der Waals surface area (Å²) in [7, 11) is -0.506. The third-order valence-corrected chi connectivity index (χ3v) is 7.20. The second-order valence-electron chi connectivity index (χ2n) is 6.19. The molecule has 0 bridgehead atoms. The largest absolute Gasteiger partial charge is 0.492 e. The van der Waals surface area contributed by atoms with Gasteiger partial charge in [0.05, 0.1) is 17.2 Å². The number of hydrogen-bond acceptors (Lipinski definition) is 5. The van der Waals surface area contributed by atoms with Gasteiger partial charge in [0, 0.05) is 29.9 Å². The fourth-order valence-corrected chi connectivity index (χ4v) is 4.54. The maximum Gasteiger partial charge on any atom is 0.242 e. The molecule has 2 rings (SSSR count). The third-order valence-electron chi connectivity index (χ3n) is 3.80. The molecule has 29 heavy (non-hydrogen) atoms. The molecule has 158 valence electrons. The quantitative estimate of drug-likeness (QED) is 0.529. The van der Waals surface area contributed by atoms with Gasteiger partial charge >= 0.3 is 0 Å². The first-order valence-corrected chi connectivity index (χ1v) is 12.0. The van der Waals surface area contributed by atoms with Gasteiger partial charge < -0.3 is 10.1 Å². The summed E-state index contributed by atoms with van der Waals surface area (Å²) in [6, 6.07) is 11.4. The summed E-state index contributed by atoms with van der Waals surface area (Å²) in [5.41, 5.74) is 0.928. The molecule has 0 fully saturated rings. The highest BCUT2D eigenvalue weighted by molar-refractivity contribution is 7.99. The van der Waals surface area contributed by atoms with Gasteiger partial charge in [-0.25, -0.2) is 12.7 Å². The molecule has 10 heteroatoms. The van der Waals surface area contributed by atoms with Crippen LogP contribution in [-0.2, 0) is 20.6 Å². The Morgan fingerprint density at radius 3 is 2.45 bits per heavy atom. The van der Waals surface area contributed by atoms with Crippen LogP contribution in [0.25, 0.3) is 0 Å². The van der Waals surface area contributed by atoms with Crippen LogP contribution in [0.4, 0.5) is 0 Å². The van der Waals surface area contributed by atoms with E-state index < -0.39 is 10.0 Å². The summed E-state index contributed by atoms with van der Waals surface area (Å²) in [6.07, 6.45) is 0. The van der Waals surface area contributed by atoms with E-state index in [0.717, 1.165) is 9.87 Å². The minimum Gasteiger partial charge on any atom is -0.492 e. The molecule has 0 aromatic heterocycles. The van der Waals surface area contributed by atoms with Gasteiger partial charge in [0.1, 0.15) is 12.4 Å². The lowest BCUT2D eigenvalue weighted by Gasteiger charge is -2.12. The first-order chi connectivity index (χ1) is 13.7. The lowest BCUT2D eigenvalue weighted by Crippen LogP contribution is -2.29. The molecule has 0 radical (unpaired) electrons. The molecule has 2 aromatic carbocycles. The van der Waals surface area contributed by atoms with E-state index in [4.69, 9.17) is 27.9 Å². The number of carbonyl (C=O) groups excluding carboxylic acids is 1. The van der Waals surface area contributed by atoms with Crippen LogP contribution in [-0.4, -0.2) is 51.6 Å². The Labute approximate surface area is 185 Å². The molecule has 0 atom stereocenters. The first-order valence-electron chi connectivity index (χ1n) is 8.64. The molecule has 0 aliphatic carbocycles. The van der Waals surface area contributed by atoms with Crippen molar-refractivity contribution in [2.45, 2.75) is 10.6 Å². The molecule has 2 aromatic rings. The van der Waals surface area contributed by atoms with E-state index in [1.165, 1.54) is 38.0 Å². The van der Waals surface area contributed by atoms with E-state index in [0.29, 0.717) is 33.8 Å². The van der Waals surface area contributed by atoms with Crippen molar-refractivity contribution in [3.63, 3.8) is 0 Å². The molecular weight excluding hydrogens is 455 g/mol. The Balaban J connectivity index is 1.67. The molecule has 0 saturated carbocycles. The van der Waals surface area contributed by atoms with Crippen molar-refractivity contribution < 1.29 is 17.9 Å². The number of nitrogens with one attached hydrogen (secondary N) is 1. The van der Waals surface area contributed by atoms with Crippen molar-refractivity contribution in [3.8, 4) is 5.75 Å². The van der Waals surface area contributed by atoms with Gasteiger partial charge in [-0.1, -0.05) is 29.3 Å². The van der Waals surface area contributed by atoms with Crippen molar-refractivity contribution >= 4 is 50.9 Å². The Morgan fingerprint density at radius 2 is 1.83 bits per heavy atom. The van der Waals surface area contributed by atoms with Crippen LogP contribution in [0.2, 0.25) is 10.0 Å². The average Bonchev–Trinajstić information content (AvgIpc) is 2.67. The predicted octanol–water partition coefficient (Wildman–Crippen LogP) is 3.67. The van der Waals surface area contributed by atoms with Crippen LogP contribution in [0, 0.1) is 0 Å². The molecule has 0 saturated heterocycles. The van der Waals surface area contributed by atoms with Crippen molar-refractivity contribution in [2.24, 2.45) is 0 Å². The SMILES string of the molecule is CN(C)S(=O)(=O)c1ccc(OCCNC(=O)CSCc2ccc(Cl)cc2Cl)cc1. The molecule has 0 heterocycles. The van der Waals surface area contributed by atoms with Crippen LogP contribution < -0.4 is 10.1 Å². The van der Waals surface area contributed by atoms with Crippen molar-refractivity contribution in [2.75, 3.05) is 33.0 Å². The highest BCUT2D eigenvalue weighted by atomic mass is 35.5. The van der Waals surface area contributed by atoms with E-state index in [9.17, 15) is 13.2 Å². The fraction of sp³-hybridized carbons (Fsp3) is 0.316. The van der Waals surface area contributed by atoms with Gasteiger partial charge in [-0.15, -0.1) is 11.8 Å². The second-order valence-corrected chi connectivity index (χ2v) is 10.2. The van der Waals surface area contributed by atoms with Gasteiger partial charge in [0.25, 0.3) is 0 Å². The summed E-state index contributed by atoms with van der Waals surface area (Å²) in [5, 5.41) is 3.94. The number of halogens is 2. The average molecular weight is 477 g/mol. The standard InChI is InChI=1S/C19H22Cl2N2O4S2/c1-23(2)29(25,26)17-7-5-16(6-8-17)27-10-9-22-19(24)13-28-12-14-3-4-15(20)11-18(14)21/h3-8,11H,9-10,12-13H2,1-2H3,(H,22,24). The summed E-state index contributed by atoms with van der Waals surface area (Å²) in [4.78, 5) is 12.1. The Kier molecular flexibility index (Phi) is 9.10. The number of nitrogens with zero attached hydrogens (tertiary/aromatic N) is 1. The zero-order valence-corrected chi connectivity index (χ0v) is 19.2. The van der Waals surface area contributed by atoms with E-state index in [-0.39, 0.29) is 17.4 Å². The number of hydrogen-bond donors (Lipinski definition) is 1. The minimum absolute atomic E-state index is 0.101. The zero-order chi connectivity index (χ0) is 21.4. The molecule has 0 unspecified atom stereocenters.